The molecule has 9 heteroatoms. The SMILES string of the molecule is O=C([O-])CCC(=O)N=C1S[C@@H]2CS(=O)(=O)C[C@@H]2N1Cc1ccccc1. The molecule has 3 rings (SSSR count). The van der Waals surface area contributed by atoms with Gasteiger partial charge in [-0.25, -0.2) is 8.42 Å². The van der Waals surface area contributed by atoms with Crippen LogP contribution in [0.4, 0.5) is 0 Å². The van der Waals surface area contributed by atoms with Gasteiger partial charge in [0.05, 0.1) is 17.5 Å². The monoisotopic (exact) mass is 381 g/mol. The van der Waals surface area contributed by atoms with E-state index in [1.54, 1.807) is 0 Å². The number of aliphatic imine (C=N–C) groups is 1. The van der Waals surface area contributed by atoms with Crippen molar-refractivity contribution in [2.75, 3.05) is 11.5 Å². The Kier molecular flexibility index (Phi) is 5.14. The number of sulfone groups is 1. The van der Waals surface area contributed by atoms with Gasteiger partial charge in [-0.3, -0.25) is 4.79 Å². The summed E-state index contributed by atoms with van der Waals surface area (Å²) in [5.74, 6) is -1.71. The molecule has 2 fully saturated rings. The number of fused-ring (bicyclic) bond motifs is 1. The summed E-state index contributed by atoms with van der Waals surface area (Å²) in [5.41, 5.74) is 0.989. The second-order valence-electron chi connectivity index (χ2n) is 6.07. The Bertz CT molecular complexity index is 807. The lowest BCUT2D eigenvalue weighted by molar-refractivity contribution is -0.305. The summed E-state index contributed by atoms with van der Waals surface area (Å²) < 4.78 is 23.9. The average Bonchev–Trinajstić information content (AvgIpc) is 2.99. The van der Waals surface area contributed by atoms with Crippen LogP contribution in [0.1, 0.15) is 18.4 Å². The lowest BCUT2D eigenvalue weighted by atomic mass is 10.1. The molecule has 0 saturated carbocycles. The molecule has 1 aromatic carbocycles. The summed E-state index contributed by atoms with van der Waals surface area (Å²) in [6.45, 7) is 0.455. The molecule has 2 saturated heterocycles. The van der Waals surface area contributed by atoms with Crippen LogP contribution in [0.3, 0.4) is 0 Å². The van der Waals surface area contributed by atoms with Gasteiger partial charge in [-0.15, -0.1) is 0 Å². The Labute approximate surface area is 150 Å². The summed E-state index contributed by atoms with van der Waals surface area (Å²) >= 11 is 1.29. The van der Waals surface area contributed by atoms with Crippen molar-refractivity contribution in [3.63, 3.8) is 0 Å². The molecule has 2 aliphatic heterocycles. The number of rotatable bonds is 5. The van der Waals surface area contributed by atoms with Gasteiger partial charge in [0.15, 0.2) is 15.0 Å². The largest absolute Gasteiger partial charge is 0.550 e. The van der Waals surface area contributed by atoms with Crippen molar-refractivity contribution >= 4 is 38.6 Å². The highest BCUT2D eigenvalue weighted by Crippen LogP contribution is 2.39. The molecule has 1 aromatic rings. The first-order valence-corrected chi connectivity index (χ1v) is 10.5. The van der Waals surface area contributed by atoms with Gasteiger partial charge >= 0.3 is 0 Å². The third kappa shape index (κ3) is 4.40. The van der Waals surface area contributed by atoms with Gasteiger partial charge in [-0.2, -0.15) is 4.99 Å². The van der Waals surface area contributed by atoms with Gasteiger partial charge in [-0.05, 0) is 12.0 Å². The number of aliphatic carboxylic acids is 1. The zero-order valence-corrected chi connectivity index (χ0v) is 15.0. The highest BCUT2D eigenvalue weighted by Gasteiger charge is 2.48. The van der Waals surface area contributed by atoms with E-state index in [4.69, 9.17) is 0 Å². The van der Waals surface area contributed by atoms with Crippen LogP contribution >= 0.6 is 11.8 Å². The van der Waals surface area contributed by atoms with Crippen LogP contribution in [-0.2, 0) is 26.0 Å². The first-order valence-electron chi connectivity index (χ1n) is 7.83. The van der Waals surface area contributed by atoms with E-state index in [1.807, 2.05) is 35.2 Å². The number of carbonyl (C=O) groups excluding carboxylic acids is 2. The fraction of sp³-hybridized carbons (Fsp3) is 0.438. The lowest BCUT2D eigenvalue weighted by Crippen LogP contribution is -2.37. The van der Waals surface area contributed by atoms with Crippen molar-refractivity contribution in [3.05, 3.63) is 35.9 Å². The van der Waals surface area contributed by atoms with Crippen molar-refractivity contribution in [2.45, 2.75) is 30.7 Å². The molecule has 0 spiro atoms. The number of hydrogen-bond donors (Lipinski definition) is 0. The molecule has 0 unspecified atom stereocenters. The molecule has 25 heavy (non-hydrogen) atoms. The predicted molar refractivity (Wildman–Crippen MR) is 92.5 cm³/mol. The number of carboxylic acids is 1. The van der Waals surface area contributed by atoms with Gasteiger partial charge in [0.25, 0.3) is 0 Å². The number of nitrogens with zero attached hydrogens (tertiary/aromatic N) is 2. The quantitative estimate of drug-likeness (QED) is 0.696. The second-order valence-corrected chi connectivity index (χ2v) is 9.43. The van der Waals surface area contributed by atoms with Crippen molar-refractivity contribution in [3.8, 4) is 0 Å². The first-order chi connectivity index (χ1) is 11.8. The van der Waals surface area contributed by atoms with Crippen molar-refractivity contribution < 1.29 is 23.1 Å². The van der Waals surface area contributed by atoms with Crippen molar-refractivity contribution in [1.29, 1.82) is 0 Å². The van der Waals surface area contributed by atoms with Crippen LogP contribution in [0.15, 0.2) is 35.3 Å². The molecule has 0 N–H and O–H groups in total. The predicted octanol–water partition coefficient (Wildman–Crippen LogP) is -0.186. The highest BCUT2D eigenvalue weighted by atomic mass is 32.2. The first kappa shape index (κ1) is 17.9. The number of amidine groups is 1. The standard InChI is InChI=1S/C16H18N2O5S2/c19-14(6-7-15(20)21)17-16-18(8-11-4-2-1-3-5-11)12-9-25(22,23)10-13(12)24-16/h1-5,12-13H,6-10H2,(H,20,21)/p-1/t12-,13+/m0/s1. The fourth-order valence-electron chi connectivity index (χ4n) is 2.97. The maximum Gasteiger partial charge on any atom is 0.248 e. The molecule has 1 amide bonds. The van der Waals surface area contributed by atoms with Crippen molar-refractivity contribution in [1.82, 2.24) is 4.90 Å². The molecular formula is C16H17N2O5S2-. The molecule has 2 atom stereocenters. The van der Waals surface area contributed by atoms with Gasteiger partial charge in [-0.1, -0.05) is 42.1 Å². The normalized spacial score (nSPS) is 25.9. The van der Waals surface area contributed by atoms with Crippen LogP contribution in [0.2, 0.25) is 0 Å². The summed E-state index contributed by atoms with van der Waals surface area (Å²) in [4.78, 5) is 28.3. The number of carbonyl (C=O) groups is 2. The van der Waals surface area contributed by atoms with Gasteiger partial charge in [0.2, 0.25) is 5.91 Å². The molecule has 0 aliphatic carbocycles. The smallest absolute Gasteiger partial charge is 0.248 e. The van der Waals surface area contributed by atoms with Gasteiger partial charge in [0.1, 0.15) is 0 Å². The maximum absolute atomic E-state index is 11.9. The topological polar surface area (TPSA) is 107 Å². The van der Waals surface area contributed by atoms with E-state index >= 15 is 0 Å². The minimum absolute atomic E-state index is 0.0454. The van der Waals surface area contributed by atoms with Gasteiger partial charge < -0.3 is 14.8 Å². The number of amides is 1. The Balaban J connectivity index is 1.81. The fourth-order valence-corrected chi connectivity index (χ4v) is 6.94. The maximum atomic E-state index is 11.9. The van der Waals surface area contributed by atoms with Crippen LogP contribution in [0.25, 0.3) is 0 Å². The van der Waals surface area contributed by atoms with E-state index in [0.29, 0.717) is 11.7 Å². The lowest BCUT2D eigenvalue weighted by Gasteiger charge is -2.24. The Hall–Kier alpha value is -1.87. The van der Waals surface area contributed by atoms with E-state index in [-0.39, 0.29) is 35.6 Å². The number of thioether (sulfide) groups is 1. The van der Waals surface area contributed by atoms with Crippen LogP contribution in [-0.4, -0.2) is 53.2 Å². The average molecular weight is 381 g/mol. The number of hydrogen-bond acceptors (Lipinski definition) is 6. The third-order valence-electron chi connectivity index (χ3n) is 4.13. The molecule has 0 bridgehead atoms. The van der Waals surface area contributed by atoms with Crippen molar-refractivity contribution in [2.24, 2.45) is 4.99 Å². The van der Waals surface area contributed by atoms with E-state index in [9.17, 15) is 23.1 Å². The molecule has 0 radical (unpaired) electrons. The summed E-state index contributed by atoms with van der Waals surface area (Å²) in [7, 11) is -3.09. The molecule has 2 heterocycles. The van der Waals surface area contributed by atoms with Crippen LogP contribution in [0.5, 0.6) is 0 Å². The zero-order valence-electron chi connectivity index (χ0n) is 13.3. The Morgan fingerprint density at radius 1 is 1.20 bits per heavy atom. The number of carboxylic acid groups (broad SMARTS) is 1. The summed E-state index contributed by atoms with van der Waals surface area (Å²) in [6.07, 6.45) is -0.598. The minimum atomic E-state index is -3.09. The third-order valence-corrected chi connectivity index (χ3v) is 7.38. The van der Waals surface area contributed by atoms with Crippen LogP contribution < -0.4 is 5.11 Å². The second kappa shape index (κ2) is 7.17. The van der Waals surface area contributed by atoms with E-state index in [0.717, 1.165) is 5.56 Å². The number of benzene rings is 1. The molecule has 0 aromatic heterocycles. The summed E-state index contributed by atoms with van der Waals surface area (Å²) in [6, 6.07) is 9.31. The Morgan fingerprint density at radius 2 is 1.92 bits per heavy atom. The summed E-state index contributed by atoms with van der Waals surface area (Å²) in [5, 5.41) is 10.8. The highest BCUT2D eigenvalue weighted by molar-refractivity contribution is 8.15. The molecule has 2 aliphatic rings. The molecule has 134 valence electrons. The Morgan fingerprint density at radius 3 is 2.60 bits per heavy atom. The molecular weight excluding hydrogens is 364 g/mol. The van der Waals surface area contributed by atoms with E-state index < -0.39 is 21.7 Å². The minimum Gasteiger partial charge on any atom is -0.550 e. The van der Waals surface area contributed by atoms with E-state index in [2.05, 4.69) is 4.99 Å². The molecule has 7 nitrogen and oxygen atoms in total. The van der Waals surface area contributed by atoms with Crippen LogP contribution in [0, 0.1) is 0 Å². The van der Waals surface area contributed by atoms with E-state index in [1.165, 1.54) is 11.8 Å². The van der Waals surface area contributed by atoms with Gasteiger partial charge in [0, 0.05) is 24.2 Å². The zero-order chi connectivity index (χ0) is 18.0.